The Hall–Kier alpha value is -0.530. The molecule has 6 fully saturated rings. The molecular weight excluding hydrogens is 296 g/mol. The highest BCUT2D eigenvalue weighted by Gasteiger charge is 2.69. The van der Waals surface area contributed by atoms with Crippen molar-refractivity contribution < 1.29 is 9.53 Å². The minimum atomic E-state index is -0.250. The molecule has 134 valence electrons. The van der Waals surface area contributed by atoms with Gasteiger partial charge in [-0.05, 0) is 93.8 Å². The molecule has 0 saturated heterocycles. The summed E-state index contributed by atoms with van der Waals surface area (Å²) in [4.78, 5) is 13.5. The van der Waals surface area contributed by atoms with Crippen LogP contribution >= 0.6 is 0 Å². The van der Waals surface area contributed by atoms with Gasteiger partial charge in [0.05, 0.1) is 5.41 Å². The minimum Gasteiger partial charge on any atom is -0.458 e. The molecule has 6 bridgehead atoms. The molecule has 6 aliphatic carbocycles. The van der Waals surface area contributed by atoms with E-state index >= 15 is 0 Å². The number of carbonyl (C=O) groups excluding carboxylic acids is 1. The summed E-state index contributed by atoms with van der Waals surface area (Å²) < 4.78 is 6.52. The summed E-state index contributed by atoms with van der Waals surface area (Å²) in [5, 5.41) is 0. The second-order valence-corrected chi connectivity index (χ2v) is 11.3. The lowest BCUT2D eigenvalue weighted by atomic mass is 9.49. The molecule has 0 aliphatic heterocycles. The molecule has 0 aromatic carbocycles. The third kappa shape index (κ3) is 1.71. The van der Waals surface area contributed by atoms with Crippen LogP contribution in [0.2, 0.25) is 0 Å². The van der Waals surface area contributed by atoms with Crippen LogP contribution in [-0.4, -0.2) is 11.6 Å². The van der Waals surface area contributed by atoms with Crippen LogP contribution in [0.25, 0.3) is 0 Å². The fourth-order valence-corrected chi connectivity index (χ4v) is 8.42. The normalized spacial score (nSPS) is 56.7. The van der Waals surface area contributed by atoms with Gasteiger partial charge in [-0.2, -0.15) is 0 Å². The Balaban J connectivity index is 1.42. The summed E-state index contributed by atoms with van der Waals surface area (Å²) in [6.45, 7) is 9.47. The molecule has 3 atom stereocenters. The number of carbonyl (C=O) groups is 1. The first-order valence-electron chi connectivity index (χ1n) is 10.4. The van der Waals surface area contributed by atoms with Crippen LogP contribution in [-0.2, 0) is 9.53 Å². The molecule has 0 heterocycles. The van der Waals surface area contributed by atoms with Crippen molar-refractivity contribution >= 4 is 5.97 Å². The van der Waals surface area contributed by atoms with Crippen molar-refractivity contribution in [3.8, 4) is 0 Å². The van der Waals surface area contributed by atoms with Crippen molar-refractivity contribution in [3.05, 3.63) is 0 Å². The second kappa shape index (κ2) is 4.41. The maximum Gasteiger partial charge on any atom is 0.312 e. The highest BCUT2D eigenvalue weighted by molar-refractivity contribution is 5.78. The van der Waals surface area contributed by atoms with Crippen LogP contribution < -0.4 is 0 Å². The van der Waals surface area contributed by atoms with Crippen molar-refractivity contribution in [3.63, 3.8) is 0 Å². The molecule has 0 spiro atoms. The fraction of sp³-hybridized carbons (Fsp3) is 0.955. The Morgan fingerprint density at radius 1 is 0.875 bits per heavy atom. The first-order valence-corrected chi connectivity index (χ1v) is 10.4. The van der Waals surface area contributed by atoms with E-state index in [1.165, 1.54) is 32.1 Å². The lowest BCUT2D eigenvalue weighted by molar-refractivity contribution is -0.200. The van der Waals surface area contributed by atoms with Crippen molar-refractivity contribution in [2.75, 3.05) is 0 Å². The molecule has 0 aromatic heterocycles. The van der Waals surface area contributed by atoms with Gasteiger partial charge in [-0.15, -0.1) is 0 Å². The second-order valence-electron chi connectivity index (χ2n) is 11.3. The highest BCUT2D eigenvalue weighted by atomic mass is 16.6. The SMILES string of the molecule is CC1(C)[C@H]2CC[C@@]1(C)[C@](C)(OC(=O)C13CC4CC(CC(C4)C1)C3)C2. The molecular formula is C22H34O2. The lowest BCUT2D eigenvalue weighted by Crippen LogP contribution is -2.55. The van der Waals surface area contributed by atoms with E-state index < -0.39 is 0 Å². The quantitative estimate of drug-likeness (QED) is 0.638. The monoisotopic (exact) mass is 330 g/mol. The van der Waals surface area contributed by atoms with Gasteiger partial charge in [0.2, 0.25) is 0 Å². The van der Waals surface area contributed by atoms with Crippen molar-refractivity contribution in [2.45, 2.75) is 91.1 Å². The number of rotatable bonds is 2. The van der Waals surface area contributed by atoms with E-state index in [1.54, 1.807) is 0 Å². The molecule has 0 amide bonds. The third-order valence-corrected chi connectivity index (χ3v) is 10.0. The molecule has 0 radical (unpaired) electrons. The van der Waals surface area contributed by atoms with Gasteiger partial charge in [0.25, 0.3) is 0 Å². The van der Waals surface area contributed by atoms with E-state index in [0.717, 1.165) is 49.4 Å². The number of hydrogen-bond donors (Lipinski definition) is 0. The first-order chi connectivity index (χ1) is 11.2. The van der Waals surface area contributed by atoms with Crippen LogP contribution in [0.3, 0.4) is 0 Å². The number of ether oxygens (including phenoxy) is 1. The van der Waals surface area contributed by atoms with Crippen LogP contribution in [0, 0.1) is 39.9 Å². The molecule has 6 rings (SSSR count). The zero-order valence-corrected chi connectivity index (χ0v) is 16.0. The summed E-state index contributed by atoms with van der Waals surface area (Å²) in [7, 11) is 0. The van der Waals surface area contributed by atoms with E-state index in [4.69, 9.17) is 4.74 Å². The summed E-state index contributed by atoms with van der Waals surface area (Å²) in [5.41, 5.74) is 0.0754. The van der Waals surface area contributed by atoms with Gasteiger partial charge in [0.1, 0.15) is 5.60 Å². The minimum absolute atomic E-state index is 0.111. The molecule has 2 heteroatoms. The Morgan fingerprint density at radius 2 is 1.42 bits per heavy atom. The Labute approximate surface area is 147 Å². The molecule has 6 aliphatic rings. The molecule has 0 aromatic rings. The largest absolute Gasteiger partial charge is 0.458 e. The Morgan fingerprint density at radius 3 is 1.83 bits per heavy atom. The predicted molar refractivity (Wildman–Crippen MR) is 94.3 cm³/mol. The smallest absolute Gasteiger partial charge is 0.312 e. The molecule has 24 heavy (non-hydrogen) atoms. The molecule has 0 N–H and O–H groups in total. The van der Waals surface area contributed by atoms with Crippen LogP contribution in [0.4, 0.5) is 0 Å². The van der Waals surface area contributed by atoms with E-state index in [2.05, 4.69) is 27.7 Å². The van der Waals surface area contributed by atoms with Gasteiger partial charge in [-0.3, -0.25) is 4.79 Å². The zero-order chi connectivity index (χ0) is 17.0. The maximum absolute atomic E-state index is 13.5. The molecule has 6 saturated carbocycles. The first kappa shape index (κ1) is 15.7. The van der Waals surface area contributed by atoms with Crippen LogP contribution in [0.1, 0.15) is 85.5 Å². The standard InChI is InChI=1S/C22H34O2/c1-19(2)17-5-6-20(19,3)21(4,13-17)24-18(23)22-10-14-7-15(11-22)9-16(8-14)12-22/h14-17H,5-13H2,1-4H3/t14?,15?,16?,17-,20+,21+,22?/m0/s1. The average molecular weight is 331 g/mol. The Kier molecular flexibility index (Phi) is 2.88. The van der Waals surface area contributed by atoms with Crippen LogP contribution in [0.15, 0.2) is 0 Å². The van der Waals surface area contributed by atoms with Gasteiger partial charge < -0.3 is 4.74 Å². The van der Waals surface area contributed by atoms with E-state index in [0.29, 0.717) is 5.41 Å². The summed E-state index contributed by atoms with van der Waals surface area (Å²) in [5.74, 6) is 3.33. The lowest BCUT2D eigenvalue weighted by Gasteiger charge is -2.56. The molecule has 2 nitrogen and oxygen atoms in total. The zero-order valence-electron chi connectivity index (χ0n) is 16.0. The third-order valence-electron chi connectivity index (χ3n) is 10.0. The average Bonchev–Trinajstić information content (AvgIpc) is 2.77. The number of esters is 1. The van der Waals surface area contributed by atoms with E-state index in [1.807, 2.05) is 0 Å². The summed E-state index contributed by atoms with van der Waals surface area (Å²) in [6.07, 6.45) is 11.1. The molecule has 0 unspecified atom stereocenters. The summed E-state index contributed by atoms with van der Waals surface area (Å²) >= 11 is 0. The number of hydrogen-bond acceptors (Lipinski definition) is 2. The topological polar surface area (TPSA) is 26.3 Å². The van der Waals surface area contributed by atoms with Gasteiger partial charge in [-0.1, -0.05) is 20.8 Å². The van der Waals surface area contributed by atoms with Crippen LogP contribution in [0.5, 0.6) is 0 Å². The van der Waals surface area contributed by atoms with Crippen molar-refractivity contribution in [1.29, 1.82) is 0 Å². The number of fused-ring (bicyclic) bond motifs is 2. The van der Waals surface area contributed by atoms with Crippen molar-refractivity contribution in [2.24, 2.45) is 39.9 Å². The maximum atomic E-state index is 13.5. The fourth-order valence-electron chi connectivity index (χ4n) is 8.42. The van der Waals surface area contributed by atoms with Gasteiger partial charge in [-0.25, -0.2) is 0 Å². The van der Waals surface area contributed by atoms with Gasteiger partial charge >= 0.3 is 5.97 Å². The van der Waals surface area contributed by atoms with E-state index in [9.17, 15) is 4.79 Å². The van der Waals surface area contributed by atoms with Crippen molar-refractivity contribution in [1.82, 2.24) is 0 Å². The van der Waals surface area contributed by atoms with Gasteiger partial charge in [0.15, 0.2) is 0 Å². The Bertz CT molecular complexity index is 555. The van der Waals surface area contributed by atoms with E-state index in [-0.39, 0.29) is 22.4 Å². The summed E-state index contributed by atoms with van der Waals surface area (Å²) in [6, 6.07) is 0. The highest BCUT2D eigenvalue weighted by Crippen LogP contribution is 2.71. The predicted octanol–water partition coefficient (Wildman–Crippen LogP) is 5.35. The van der Waals surface area contributed by atoms with Gasteiger partial charge in [0, 0.05) is 5.41 Å².